The van der Waals surface area contributed by atoms with Crippen LogP contribution in [0.1, 0.15) is 9.67 Å². The molecular formula is C12H18BrNO3S. The molecule has 0 bridgehead atoms. The van der Waals surface area contributed by atoms with Crippen molar-refractivity contribution in [2.45, 2.75) is 0 Å². The van der Waals surface area contributed by atoms with Crippen molar-refractivity contribution in [3.05, 3.63) is 20.8 Å². The van der Waals surface area contributed by atoms with Crippen LogP contribution in [0.5, 0.6) is 0 Å². The molecule has 0 amide bonds. The van der Waals surface area contributed by atoms with Gasteiger partial charge in [-0.2, -0.15) is 0 Å². The molecule has 0 spiro atoms. The number of methoxy groups -OCH3 is 2. The van der Waals surface area contributed by atoms with Gasteiger partial charge >= 0.3 is 0 Å². The van der Waals surface area contributed by atoms with Crippen molar-refractivity contribution < 1.29 is 14.3 Å². The second kappa shape index (κ2) is 8.77. The van der Waals surface area contributed by atoms with Gasteiger partial charge in [0.25, 0.3) is 0 Å². The van der Waals surface area contributed by atoms with Crippen LogP contribution in [-0.2, 0) is 9.47 Å². The molecule has 1 rings (SSSR count). The molecule has 18 heavy (non-hydrogen) atoms. The Balaban J connectivity index is 2.50. The summed E-state index contributed by atoms with van der Waals surface area (Å²) in [4.78, 5) is 14.9. The fourth-order valence-corrected chi connectivity index (χ4v) is 2.77. The Morgan fingerprint density at radius 2 is 1.89 bits per heavy atom. The number of ether oxygens (including phenoxy) is 2. The largest absolute Gasteiger partial charge is 0.383 e. The second-order valence-electron chi connectivity index (χ2n) is 3.79. The highest BCUT2D eigenvalue weighted by atomic mass is 79.9. The number of hydrogen-bond acceptors (Lipinski definition) is 5. The molecule has 6 heteroatoms. The topological polar surface area (TPSA) is 38.8 Å². The fraction of sp³-hybridized carbons (Fsp3) is 0.583. The van der Waals surface area contributed by atoms with Crippen molar-refractivity contribution in [3.8, 4) is 0 Å². The van der Waals surface area contributed by atoms with E-state index in [2.05, 4.69) is 15.9 Å². The highest BCUT2D eigenvalue weighted by Crippen LogP contribution is 2.22. The molecule has 1 heterocycles. The summed E-state index contributed by atoms with van der Waals surface area (Å²) in [6, 6.07) is 3.74. The molecule has 0 atom stereocenters. The first kappa shape index (κ1) is 15.8. The van der Waals surface area contributed by atoms with Gasteiger partial charge in [-0.3, -0.25) is 9.69 Å². The van der Waals surface area contributed by atoms with E-state index in [1.54, 1.807) is 14.2 Å². The zero-order valence-corrected chi connectivity index (χ0v) is 13.1. The molecule has 0 saturated carbocycles. The summed E-state index contributed by atoms with van der Waals surface area (Å²) in [5.41, 5.74) is 0. The Hall–Kier alpha value is -0.270. The Morgan fingerprint density at radius 1 is 1.28 bits per heavy atom. The minimum Gasteiger partial charge on any atom is -0.383 e. The predicted molar refractivity (Wildman–Crippen MR) is 76.5 cm³/mol. The summed E-state index contributed by atoms with van der Waals surface area (Å²) >= 11 is 4.83. The lowest BCUT2D eigenvalue weighted by Crippen LogP contribution is -2.35. The predicted octanol–water partition coefficient (Wildman–Crippen LogP) is 2.29. The second-order valence-corrected chi connectivity index (χ2v) is 6.25. The summed E-state index contributed by atoms with van der Waals surface area (Å²) in [6.07, 6.45) is 0. The molecule has 0 aliphatic carbocycles. The summed E-state index contributed by atoms with van der Waals surface area (Å²) in [6.45, 7) is 3.10. The van der Waals surface area contributed by atoms with Crippen LogP contribution >= 0.6 is 27.3 Å². The molecule has 1 aromatic heterocycles. The van der Waals surface area contributed by atoms with E-state index in [1.807, 2.05) is 17.0 Å². The van der Waals surface area contributed by atoms with Crippen molar-refractivity contribution in [3.63, 3.8) is 0 Å². The first-order valence-corrected chi connectivity index (χ1v) is 7.27. The van der Waals surface area contributed by atoms with Crippen LogP contribution in [0.2, 0.25) is 0 Å². The number of rotatable bonds is 9. The van der Waals surface area contributed by atoms with Crippen LogP contribution in [0.4, 0.5) is 0 Å². The minimum absolute atomic E-state index is 0.137. The van der Waals surface area contributed by atoms with Crippen LogP contribution in [0, 0.1) is 0 Å². The third-order valence-electron chi connectivity index (χ3n) is 2.44. The van der Waals surface area contributed by atoms with E-state index in [-0.39, 0.29) is 5.78 Å². The van der Waals surface area contributed by atoms with Crippen molar-refractivity contribution in [1.29, 1.82) is 0 Å². The Morgan fingerprint density at radius 3 is 2.33 bits per heavy atom. The van der Waals surface area contributed by atoms with E-state index in [9.17, 15) is 4.79 Å². The molecule has 102 valence electrons. The third-order valence-corrected chi connectivity index (χ3v) is 4.10. The van der Waals surface area contributed by atoms with Gasteiger partial charge in [0.15, 0.2) is 5.78 Å². The number of nitrogens with zero attached hydrogens (tertiary/aromatic N) is 1. The third kappa shape index (κ3) is 5.58. The lowest BCUT2D eigenvalue weighted by atomic mass is 10.3. The lowest BCUT2D eigenvalue weighted by molar-refractivity contribution is 0.0840. The average Bonchev–Trinajstić information content (AvgIpc) is 2.79. The summed E-state index contributed by atoms with van der Waals surface area (Å²) in [7, 11) is 3.32. The van der Waals surface area contributed by atoms with E-state index < -0.39 is 0 Å². The smallest absolute Gasteiger partial charge is 0.186 e. The van der Waals surface area contributed by atoms with Gasteiger partial charge in [0, 0.05) is 27.3 Å². The van der Waals surface area contributed by atoms with Gasteiger partial charge in [-0.05, 0) is 28.1 Å². The SMILES string of the molecule is COCCN(CCOC)CC(=O)c1ccc(Br)s1. The standard InChI is InChI=1S/C12H18BrNO3S/c1-16-7-5-14(6-8-17-2)9-10(15)11-3-4-12(13)18-11/h3-4H,5-9H2,1-2H3. The van der Waals surface area contributed by atoms with Crippen LogP contribution < -0.4 is 0 Å². The lowest BCUT2D eigenvalue weighted by Gasteiger charge is -2.20. The van der Waals surface area contributed by atoms with E-state index in [0.717, 1.165) is 21.8 Å². The molecule has 0 fully saturated rings. The van der Waals surface area contributed by atoms with E-state index >= 15 is 0 Å². The molecule has 4 nitrogen and oxygen atoms in total. The van der Waals surface area contributed by atoms with Crippen molar-refractivity contribution in [2.24, 2.45) is 0 Å². The monoisotopic (exact) mass is 335 g/mol. The summed E-state index contributed by atoms with van der Waals surface area (Å²) < 4.78 is 11.1. The number of thiophene rings is 1. The van der Waals surface area contributed by atoms with Crippen molar-refractivity contribution >= 4 is 33.0 Å². The average molecular weight is 336 g/mol. The molecule has 0 unspecified atom stereocenters. The minimum atomic E-state index is 0.137. The van der Waals surface area contributed by atoms with Gasteiger partial charge in [-0.25, -0.2) is 0 Å². The van der Waals surface area contributed by atoms with Gasteiger partial charge in [0.2, 0.25) is 0 Å². The van der Waals surface area contributed by atoms with Crippen molar-refractivity contribution in [1.82, 2.24) is 4.90 Å². The molecule has 0 saturated heterocycles. The number of ketones is 1. The van der Waals surface area contributed by atoms with Gasteiger partial charge in [-0.15, -0.1) is 11.3 Å². The van der Waals surface area contributed by atoms with Gasteiger partial charge in [0.1, 0.15) is 0 Å². The number of halogens is 1. The van der Waals surface area contributed by atoms with Gasteiger partial charge in [0.05, 0.1) is 28.4 Å². The van der Waals surface area contributed by atoms with Crippen LogP contribution in [0.3, 0.4) is 0 Å². The molecule has 0 N–H and O–H groups in total. The van der Waals surface area contributed by atoms with E-state index in [1.165, 1.54) is 11.3 Å². The highest BCUT2D eigenvalue weighted by molar-refractivity contribution is 9.11. The molecule has 0 aliphatic rings. The maximum Gasteiger partial charge on any atom is 0.186 e. The van der Waals surface area contributed by atoms with Crippen molar-refractivity contribution in [2.75, 3.05) is 47.1 Å². The fourth-order valence-electron chi connectivity index (χ4n) is 1.46. The molecular weight excluding hydrogens is 318 g/mol. The van der Waals surface area contributed by atoms with Gasteiger partial charge < -0.3 is 9.47 Å². The highest BCUT2D eigenvalue weighted by Gasteiger charge is 2.14. The molecule has 0 radical (unpaired) electrons. The maximum atomic E-state index is 12.1. The zero-order valence-electron chi connectivity index (χ0n) is 10.6. The number of hydrogen-bond donors (Lipinski definition) is 0. The maximum absolute atomic E-state index is 12.1. The molecule has 0 aliphatic heterocycles. The number of carbonyl (C=O) groups excluding carboxylic acids is 1. The Bertz CT molecular complexity index is 362. The van der Waals surface area contributed by atoms with E-state index in [0.29, 0.717) is 19.8 Å². The van der Waals surface area contributed by atoms with Crippen LogP contribution in [0.25, 0.3) is 0 Å². The molecule has 1 aromatic rings. The number of Topliss-reactive ketones (excluding diaryl/α,β-unsaturated/α-hetero) is 1. The van der Waals surface area contributed by atoms with Crippen LogP contribution in [0.15, 0.2) is 15.9 Å². The van der Waals surface area contributed by atoms with E-state index in [4.69, 9.17) is 9.47 Å². The normalized spacial score (nSPS) is 11.1. The first-order valence-electron chi connectivity index (χ1n) is 5.66. The molecule has 0 aromatic carbocycles. The Labute approximate surface area is 120 Å². The van der Waals surface area contributed by atoms with Gasteiger partial charge in [-0.1, -0.05) is 0 Å². The Kier molecular flexibility index (Phi) is 7.69. The zero-order chi connectivity index (χ0) is 13.4. The van der Waals surface area contributed by atoms with Crippen LogP contribution in [-0.4, -0.2) is 57.8 Å². The number of carbonyl (C=O) groups is 1. The first-order chi connectivity index (χ1) is 8.67. The summed E-state index contributed by atoms with van der Waals surface area (Å²) in [5, 5.41) is 0. The summed E-state index contributed by atoms with van der Waals surface area (Å²) in [5.74, 6) is 0.137. The quantitative estimate of drug-likeness (QED) is 0.649.